The van der Waals surface area contributed by atoms with Gasteiger partial charge in [0.05, 0.1) is 0 Å². The van der Waals surface area contributed by atoms with E-state index >= 15 is 0 Å². The molecule has 0 aliphatic heterocycles. The van der Waals surface area contributed by atoms with Crippen molar-refractivity contribution in [2.24, 2.45) is 5.92 Å². The normalized spacial score (nSPS) is 5.28. The van der Waals surface area contributed by atoms with Gasteiger partial charge in [-0.3, -0.25) is 0 Å². The molecule has 0 amide bonds. The van der Waals surface area contributed by atoms with Crippen LogP contribution in [0.5, 0.6) is 0 Å². The summed E-state index contributed by atoms with van der Waals surface area (Å²) in [5.74, 6) is 0.419. The summed E-state index contributed by atoms with van der Waals surface area (Å²) in [4.78, 5) is 0. The predicted molar refractivity (Wildman–Crippen MR) is 105 cm³/mol. The summed E-state index contributed by atoms with van der Waals surface area (Å²) in [6.45, 7) is 7.46. The van der Waals surface area contributed by atoms with Crippen molar-refractivity contribution in [3.05, 3.63) is 119 Å². The SMILES string of the molecule is C=C=C=C=C=C=C=C=C=C=C=C=C=C=C=C=C=C=C=C=C(I)C(C)C. The van der Waals surface area contributed by atoms with Crippen molar-refractivity contribution in [3.8, 4) is 0 Å². The molecule has 0 bridgehead atoms. The van der Waals surface area contributed by atoms with Crippen LogP contribution in [0, 0.1) is 5.92 Å². The van der Waals surface area contributed by atoms with Crippen molar-refractivity contribution in [3.63, 3.8) is 0 Å². The fourth-order valence-corrected chi connectivity index (χ4v) is 0.883. The van der Waals surface area contributed by atoms with Crippen LogP contribution >= 0.6 is 22.6 Å². The zero-order valence-corrected chi connectivity index (χ0v) is 15.8. The van der Waals surface area contributed by atoms with E-state index in [-0.39, 0.29) is 0 Å². The van der Waals surface area contributed by atoms with Gasteiger partial charge >= 0.3 is 0 Å². The van der Waals surface area contributed by atoms with Gasteiger partial charge in [-0.2, -0.15) is 0 Å². The molecule has 0 aliphatic rings. The van der Waals surface area contributed by atoms with E-state index in [4.69, 9.17) is 0 Å². The van der Waals surface area contributed by atoms with Crippen LogP contribution in [0.1, 0.15) is 13.8 Å². The monoisotopic (exact) mass is 424 g/mol. The Bertz CT molecular complexity index is 1240. The highest BCUT2D eigenvalue weighted by atomic mass is 127. The molecular formula is C24H9I. The van der Waals surface area contributed by atoms with Crippen molar-refractivity contribution < 1.29 is 0 Å². The number of hydrogen-bond acceptors (Lipinski definition) is 0. The molecule has 0 aromatic rings. The van der Waals surface area contributed by atoms with Gasteiger partial charge in [-0.15, -0.1) is 0 Å². The first-order valence-corrected chi connectivity index (χ1v) is 7.81. The summed E-state index contributed by atoms with van der Waals surface area (Å²) in [5.41, 5.74) is 48.5. The summed E-state index contributed by atoms with van der Waals surface area (Å²) >= 11 is 2.20. The topological polar surface area (TPSA) is 0 Å². The Morgan fingerprint density at radius 3 is 1.12 bits per heavy atom. The average molecular weight is 424 g/mol. The van der Waals surface area contributed by atoms with Gasteiger partial charge in [-0.25, -0.2) is 0 Å². The van der Waals surface area contributed by atoms with Crippen LogP contribution in [0.2, 0.25) is 0 Å². The van der Waals surface area contributed by atoms with Crippen LogP contribution < -0.4 is 0 Å². The second-order valence-electron chi connectivity index (χ2n) is 3.93. The lowest BCUT2D eigenvalue weighted by atomic mass is 10.2. The van der Waals surface area contributed by atoms with E-state index in [1.165, 1.54) is 0 Å². The third kappa shape index (κ3) is 16.5. The Morgan fingerprint density at radius 2 is 0.840 bits per heavy atom. The third-order valence-electron chi connectivity index (χ3n) is 1.78. The Morgan fingerprint density at radius 1 is 0.560 bits per heavy atom. The molecule has 0 saturated carbocycles. The fourth-order valence-electron chi connectivity index (χ4n) is 0.748. The Balaban J connectivity index is 5.81. The van der Waals surface area contributed by atoms with Gasteiger partial charge in [0, 0.05) is 9.31 Å². The van der Waals surface area contributed by atoms with E-state index in [0.717, 1.165) is 3.58 Å². The Kier molecular flexibility index (Phi) is 14.2. The van der Waals surface area contributed by atoms with Crippen molar-refractivity contribution >= 4 is 22.6 Å². The second kappa shape index (κ2) is 16.7. The maximum absolute atomic E-state index is 3.31. The Hall–Kier alpha value is -3.71. The van der Waals surface area contributed by atoms with Gasteiger partial charge in [0.2, 0.25) is 0 Å². The van der Waals surface area contributed by atoms with Crippen molar-refractivity contribution in [1.29, 1.82) is 0 Å². The summed E-state index contributed by atoms with van der Waals surface area (Å²) in [6.07, 6.45) is 0. The molecule has 0 saturated heterocycles. The van der Waals surface area contributed by atoms with E-state index in [1.54, 1.807) is 0 Å². The van der Waals surface area contributed by atoms with Crippen LogP contribution in [0.3, 0.4) is 0 Å². The molecule has 0 rings (SSSR count). The zero-order chi connectivity index (χ0) is 18.6. The minimum absolute atomic E-state index is 0.419. The molecule has 0 atom stereocenters. The minimum Gasteiger partial charge on any atom is -0.0687 e. The molecule has 0 aromatic carbocycles. The lowest BCUT2D eigenvalue weighted by Crippen LogP contribution is -1.80. The molecule has 0 heterocycles. The molecule has 0 spiro atoms. The van der Waals surface area contributed by atoms with Crippen LogP contribution in [-0.4, -0.2) is 0 Å². The van der Waals surface area contributed by atoms with E-state index in [9.17, 15) is 0 Å². The molecular weight excluding hydrogens is 415 g/mol. The summed E-state index contributed by atoms with van der Waals surface area (Å²) in [6, 6.07) is 0. The highest BCUT2D eigenvalue weighted by Crippen LogP contribution is 2.14. The summed E-state index contributed by atoms with van der Waals surface area (Å²) in [5, 5.41) is 0. The summed E-state index contributed by atoms with van der Waals surface area (Å²) < 4.78 is 1.06. The smallest absolute Gasteiger partial charge is 0.0439 e. The maximum Gasteiger partial charge on any atom is 0.0439 e. The quantitative estimate of drug-likeness (QED) is 0.383. The van der Waals surface area contributed by atoms with Gasteiger partial charge < -0.3 is 0 Å². The first kappa shape index (κ1) is 21.3. The van der Waals surface area contributed by atoms with Gasteiger partial charge in [0.15, 0.2) is 0 Å². The van der Waals surface area contributed by atoms with E-state index in [1.807, 2.05) is 0 Å². The number of allylic oxidation sites excluding steroid dienone is 1. The predicted octanol–water partition coefficient (Wildman–Crippen LogP) is 5.54. The average Bonchev–Trinajstić information content (AvgIpc) is 2.60. The van der Waals surface area contributed by atoms with Crippen molar-refractivity contribution in [1.82, 2.24) is 0 Å². The molecule has 0 nitrogen and oxygen atoms in total. The minimum atomic E-state index is 0.419. The van der Waals surface area contributed by atoms with Crippen LogP contribution in [0.15, 0.2) is 119 Å². The van der Waals surface area contributed by atoms with Crippen LogP contribution in [0.25, 0.3) is 0 Å². The van der Waals surface area contributed by atoms with E-state index in [0.29, 0.717) is 5.92 Å². The molecule has 25 heavy (non-hydrogen) atoms. The molecule has 0 N–H and O–H groups in total. The summed E-state index contributed by atoms with van der Waals surface area (Å²) in [7, 11) is 0. The zero-order valence-electron chi connectivity index (χ0n) is 13.7. The van der Waals surface area contributed by atoms with Gasteiger partial charge in [-0.1, -0.05) is 25.3 Å². The van der Waals surface area contributed by atoms with Gasteiger partial charge in [0.1, 0.15) is 0 Å². The maximum atomic E-state index is 3.31. The highest BCUT2D eigenvalue weighted by Gasteiger charge is 1.93. The van der Waals surface area contributed by atoms with Crippen LogP contribution in [0.4, 0.5) is 0 Å². The standard InChI is InChI=1S/C24H9I/c1-4-5-6-7-8-9-10-11-12-13-14-15-16-17-18-19-20-21-22-24(25)23(2)3/h23H,1H2,2-3H3. The first-order valence-electron chi connectivity index (χ1n) is 6.74. The van der Waals surface area contributed by atoms with Crippen molar-refractivity contribution in [2.75, 3.05) is 0 Å². The number of hydrogen-bond donors (Lipinski definition) is 0. The van der Waals surface area contributed by atoms with Crippen molar-refractivity contribution in [2.45, 2.75) is 13.8 Å². The largest absolute Gasteiger partial charge is 0.0687 e. The molecule has 0 unspecified atom stereocenters. The van der Waals surface area contributed by atoms with E-state index in [2.05, 4.69) is 152 Å². The lowest BCUT2D eigenvalue weighted by molar-refractivity contribution is 0.827. The van der Waals surface area contributed by atoms with Gasteiger partial charge in [0.25, 0.3) is 0 Å². The second-order valence-corrected chi connectivity index (χ2v) is 5.09. The highest BCUT2D eigenvalue weighted by molar-refractivity contribution is 14.1. The Labute approximate surface area is 161 Å². The third-order valence-corrected chi connectivity index (χ3v) is 3.29. The van der Waals surface area contributed by atoms with Gasteiger partial charge in [-0.05, 0) is 127 Å². The molecule has 0 fully saturated rings. The number of halogens is 1. The lowest BCUT2D eigenvalue weighted by Gasteiger charge is -1.94. The molecule has 0 aromatic heterocycles. The van der Waals surface area contributed by atoms with Crippen LogP contribution in [-0.2, 0) is 0 Å². The molecule has 112 valence electrons. The fraction of sp³-hybridized carbons (Fsp3) is 0.125. The van der Waals surface area contributed by atoms with E-state index < -0.39 is 0 Å². The molecule has 0 radical (unpaired) electrons. The number of rotatable bonds is 1. The first-order chi connectivity index (χ1) is 12.2. The molecule has 0 aliphatic carbocycles. The molecule has 1 heteroatoms.